The first-order valence-electron chi connectivity index (χ1n) is 17.7. The molecule has 4 heteroatoms. The van der Waals surface area contributed by atoms with Crippen LogP contribution in [0.25, 0.3) is 108 Å². The number of hydrogen-bond donors (Lipinski definition) is 0. The van der Waals surface area contributed by atoms with Crippen LogP contribution < -0.4 is 0 Å². The van der Waals surface area contributed by atoms with Crippen molar-refractivity contribution in [3.05, 3.63) is 170 Å². The second kappa shape index (κ2) is 10.5. The van der Waals surface area contributed by atoms with Gasteiger partial charge in [0.15, 0.2) is 0 Å². The lowest BCUT2D eigenvalue weighted by Crippen LogP contribution is -1.94. The van der Waals surface area contributed by atoms with E-state index >= 15 is 0 Å². The highest BCUT2D eigenvalue weighted by Gasteiger charge is 2.20. The molecule has 0 aliphatic rings. The third kappa shape index (κ3) is 3.79. The minimum Gasteiger partial charge on any atom is -0.456 e. The van der Waals surface area contributed by atoms with Crippen molar-refractivity contribution in [3.63, 3.8) is 0 Å². The molecule has 0 amide bonds. The average molecular weight is 681 g/mol. The number of fused-ring (bicyclic) bond motifs is 12. The Balaban J connectivity index is 1.12. The zero-order valence-corrected chi connectivity index (χ0v) is 28.7. The highest BCUT2D eigenvalue weighted by atomic mass is 32.1. The molecule has 0 unspecified atom stereocenters. The van der Waals surface area contributed by atoms with Crippen molar-refractivity contribution in [2.75, 3.05) is 0 Å². The van der Waals surface area contributed by atoms with Crippen LogP contribution in [0.3, 0.4) is 0 Å². The van der Waals surface area contributed by atoms with E-state index in [1.54, 1.807) is 0 Å². The number of nitrogens with zero attached hydrogens (tertiary/aromatic N) is 2. The van der Waals surface area contributed by atoms with Gasteiger partial charge in [-0.2, -0.15) is 0 Å². The molecule has 12 rings (SSSR count). The zero-order chi connectivity index (χ0) is 33.9. The van der Waals surface area contributed by atoms with Gasteiger partial charge in [0.25, 0.3) is 0 Å². The molecule has 0 saturated heterocycles. The summed E-state index contributed by atoms with van der Waals surface area (Å²) in [6.07, 6.45) is 0. The number of aromatic nitrogens is 2. The summed E-state index contributed by atoms with van der Waals surface area (Å²) in [5.41, 5.74) is 11.5. The van der Waals surface area contributed by atoms with Gasteiger partial charge in [0.05, 0.1) is 22.1 Å². The van der Waals surface area contributed by atoms with Crippen molar-refractivity contribution < 1.29 is 4.42 Å². The quantitative estimate of drug-likeness (QED) is 0.182. The summed E-state index contributed by atoms with van der Waals surface area (Å²) in [5.74, 6) is 0. The molecule has 0 fully saturated rings. The molecule has 0 aliphatic carbocycles. The molecule has 0 N–H and O–H groups in total. The Hall–Kier alpha value is -6.62. The van der Waals surface area contributed by atoms with E-state index in [-0.39, 0.29) is 0 Å². The number of furan rings is 1. The summed E-state index contributed by atoms with van der Waals surface area (Å²) in [6, 6.07) is 61.7. The van der Waals surface area contributed by atoms with E-state index in [1.165, 1.54) is 86.0 Å². The number of rotatable bonds is 3. The van der Waals surface area contributed by atoms with E-state index in [0.29, 0.717) is 0 Å². The fourth-order valence-electron chi connectivity index (χ4n) is 8.70. The Morgan fingerprint density at radius 2 is 0.962 bits per heavy atom. The Bertz CT molecular complexity index is 3410. The van der Waals surface area contributed by atoms with Gasteiger partial charge in [-0.1, -0.05) is 103 Å². The number of hydrogen-bond acceptors (Lipinski definition) is 2. The monoisotopic (exact) mass is 680 g/mol. The first-order valence-corrected chi connectivity index (χ1v) is 18.5. The fraction of sp³-hybridized carbons (Fsp3) is 0. The van der Waals surface area contributed by atoms with E-state index in [1.807, 2.05) is 17.4 Å². The standard InChI is InChI=1S/C48H28N2OS/c1-2-12-29(13-3-1)49-40-20-7-4-14-31(40)37-28-43-38(27-42(37)49)32-15-5-8-21-41(32)50(43)30-24-25-46-39(26-30)35-19-10-18-34(48(35)52-46)33-17-11-23-45-47(33)36-16-6-9-22-44(36)51-45/h1-28H. The maximum absolute atomic E-state index is 6.29. The van der Waals surface area contributed by atoms with E-state index < -0.39 is 0 Å². The summed E-state index contributed by atoms with van der Waals surface area (Å²) < 4.78 is 13.7. The van der Waals surface area contributed by atoms with Crippen molar-refractivity contribution >= 4 is 97.1 Å². The van der Waals surface area contributed by atoms with Crippen LogP contribution in [-0.4, -0.2) is 9.13 Å². The number of thiophene rings is 1. The summed E-state index contributed by atoms with van der Waals surface area (Å²) in [5, 5.41) is 9.89. The van der Waals surface area contributed by atoms with Gasteiger partial charge >= 0.3 is 0 Å². The molecule has 52 heavy (non-hydrogen) atoms. The molecule has 8 aromatic carbocycles. The molecule has 0 radical (unpaired) electrons. The molecule has 4 aromatic heterocycles. The molecule has 0 spiro atoms. The minimum absolute atomic E-state index is 0.922. The van der Waals surface area contributed by atoms with Gasteiger partial charge < -0.3 is 13.6 Å². The van der Waals surface area contributed by atoms with Crippen molar-refractivity contribution in [2.24, 2.45) is 0 Å². The van der Waals surface area contributed by atoms with Gasteiger partial charge in [-0.25, -0.2) is 0 Å². The molecule has 0 saturated carbocycles. The molecule has 4 heterocycles. The molecular formula is C48H28N2OS. The van der Waals surface area contributed by atoms with Crippen LogP contribution in [0.2, 0.25) is 0 Å². The van der Waals surface area contributed by atoms with Gasteiger partial charge in [-0.3, -0.25) is 0 Å². The predicted octanol–water partition coefficient (Wildman–Crippen LogP) is 13.8. The van der Waals surface area contributed by atoms with Crippen LogP contribution >= 0.6 is 11.3 Å². The molecule has 0 atom stereocenters. The van der Waals surface area contributed by atoms with Crippen LogP contribution in [0.4, 0.5) is 0 Å². The van der Waals surface area contributed by atoms with Crippen LogP contribution in [0.15, 0.2) is 174 Å². The summed E-state index contributed by atoms with van der Waals surface area (Å²) in [4.78, 5) is 0. The predicted molar refractivity (Wildman–Crippen MR) is 221 cm³/mol. The Morgan fingerprint density at radius 1 is 0.365 bits per heavy atom. The number of para-hydroxylation sites is 4. The maximum Gasteiger partial charge on any atom is 0.136 e. The average Bonchev–Trinajstić information content (AvgIpc) is 3.94. The van der Waals surface area contributed by atoms with Gasteiger partial charge in [0, 0.05) is 69.4 Å². The highest BCUT2D eigenvalue weighted by molar-refractivity contribution is 7.26. The summed E-state index contributed by atoms with van der Waals surface area (Å²) in [7, 11) is 0. The van der Waals surface area contributed by atoms with Crippen molar-refractivity contribution in [1.82, 2.24) is 9.13 Å². The van der Waals surface area contributed by atoms with E-state index in [2.05, 4.69) is 173 Å². The normalized spacial score (nSPS) is 12.2. The minimum atomic E-state index is 0.922. The molecule has 3 nitrogen and oxygen atoms in total. The Labute approximate surface area is 301 Å². The third-order valence-electron chi connectivity index (χ3n) is 10.9. The smallest absolute Gasteiger partial charge is 0.136 e. The Kier molecular flexibility index (Phi) is 5.65. The van der Waals surface area contributed by atoms with Crippen molar-refractivity contribution in [2.45, 2.75) is 0 Å². The topological polar surface area (TPSA) is 23.0 Å². The van der Waals surface area contributed by atoms with E-state index in [9.17, 15) is 0 Å². The molecule has 242 valence electrons. The van der Waals surface area contributed by atoms with Gasteiger partial charge in [-0.05, 0) is 72.3 Å². The second-order valence-corrected chi connectivity index (χ2v) is 14.7. The van der Waals surface area contributed by atoms with Crippen LogP contribution in [0.1, 0.15) is 0 Å². The molecule has 0 aliphatic heterocycles. The van der Waals surface area contributed by atoms with Gasteiger partial charge in [0.1, 0.15) is 11.2 Å². The number of benzene rings is 8. The summed E-state index contributed by atoms with van der Waals surface area (Å²) >= 11 is 1.87. The van der Waals surface area contributed by atoms with E-state index in [4.69, 9.17) is 4.42 Å². The summed E-state index contributed by atoms with van der Waals surface area (Å²) in [6.45, 7) is 0. The SMILES string of the molecule is c1ccc(-n2c3ccccc3c3cc4c(cc32)c2ccccc2n4-c2ccc3sc4c(-c5cccc6oc7ccccc7c56)cccc4c3c2)cc1. The second-order valence-electron chi connectivity index (χ2n) is 13.7. The molecule has 12 aromatic rings. The van der Waals surface area contributed by atoms with E-state index in [0.717, 1.165) is 22.2 Å². The van der Waals surface area contributed by atoms with Crippen molar-refractivity contribution in [1.29, 1.82) is 0 Å². The first-order chi connectivity index (χ1) is 25.8. The molecular weight excluding hydrogens is 653 g/mol. The lowest BCUT2D eigenvalue weighted by molar-refractivity contribution is 0.669. The lowest BCUT2D eigenvalue weighted by atomic mass is 9.98. The molecule has 0 bridgehead atoms. The van der Waals surface area contributed by atoms with Crippen LogP contribution in [0.5, 0.6) is 0 Å². The van der Waals surface area contributed by atoms with Crippen LogP contribution in [-0.2, 0) is 0 Å². The van der Waals surface area contributed by atoms with Gasteiger partial charge in [-0.15, -0.1) is 11.3 Å². The van der Waals surface area contributed by atoms with Gasteiger partial charge in [0.2, 0.25) is 0 Å². The first kappa shape index (κ1) is 28.1. The third-order valence-corrected chi connectivity index (χ3v) is 12.1. The largest absolute Gasteiger partial charge is 0.456 e. The lowest BCUT2D eigenvalue weighted by Gasteiger charge is -2.10. The fourth-order valence-corrected chi connectivity index (χ4v) is 9.91. The Morgan fingerprint density at radius 3 is 1.73 bits per heavy atom. The highest BCUT2D eigenvalue weighted by Crippen LogP contribution is 2.45. The van der Waals surface area contributed by atoms with Crippen molar-refractivity contribution in [3.8, 4) is 22.5 Å². The maximum atomic E-state index is 6.29. The van der Waals surface area contributed by atoms with Crippen LogP contribution in [0, 0.1) is 0 Å². The zero-order valence-electron chi connectivity index (χ0n) is 27.9.